The quantitative estimate of drug-likeness (QED) is 0.492. The average molecular weight is 451 g/mol. The second-order valence-electron chi connectivity index (χ2n) is 7.38. The number of likely N-dealkylation sites (tertiary alicyclic amines) is 1. The van der Waals surface area contributed by atoms with E-state index in [4.69, 9.17) is 23.2 Å². The van der Waals surface area contributed by atoms with E-state index in [9.17, 15) is 9.59 Å². The SMILES string of the molecule is Cn1cccc1C(=O)N1C/C(=C\c2ccccc2Cl)C(=O)/C(=C/c2ccccc2Cl)C1. The van der Waals surface area contributed by atoms with Gasteiger partial charge in [-0.1, -0.05) is 59.6 Å². The van der Waals surface area contributed by atoms with Gasteiger partial charge in [0, 0.05) is 34.4 Å². The Labute approximate surface area is 191 Å². The Balaban J connectivity index is 1.77. The summed E-state index contributed by atoms with van der Waals surface area (Å²) in [7, 11) is 1.82. The first-order chi connectivity index (χ1) is 14.9. The van der Waals surface area contributed by atoms with Crippen LogP contribution in [0.25, 0.3) is 12.2 Å². The lowest BCUT2D eigenvalue weighted by molar-refractivity contribution is -0.113. The fourth-order valence-electron chi connectivity index (χ4n) is 3.59. The van der Waals surface area contributed by atoms with Crippen LogP contribution in [-0.4, -0.2) is 34.2 Å². The molecule has 2 aromatic carbocycles. The second-order valence-corrected chi connectivity index (χ2v) is 8.19. The van der Waals surface area contributed by atoms with E-state index in [0.29, 0.717) is 26.9 Å². The molecule has 1 fully saturated rings. The van der Waals surface area contributed by atoms with Crippen LogP contribution in [0.4, 0.5) is 0 Å². The van der Waals surface area contributed by atoms with Crippen molar-refractivity contribution >= 4 is 47.0 Å². The number of aromatic nitrogens is 1. The molecule has 0 aliphatic carbocycles. The molecule has 0 saturated carbocycles. The van der Waals surface area contributed by atoms with Crippen molar-refractivity contribution in [2.75, 3.05) is 13.1 Å². The molecule has 0 spiro atoms. The summed E-state index contributed by atoms with van der Waals surface area (Å²) >= 11 is 12.6. The third kappa shape index (κ3) is 4.50. The normalized spacial score (nSPS) is 16.9. The van der Waals surface area contributed by atoms with Gasteiger partial charge in [-0.3, -0.25) is 9.59 Å². The van der Waals surface area contributed by atoms with Crippen LogP contribution >= 0.6 is 23.2 Å². The van der Waals surface area contributed by atoms with Crippen molar-refractivity contribution in [3.05, 3.63) is 105 Å². The van der Waals surface area contributed by atoms with Crippen LogP contribution in [0, 0.1) is 0 Å². The lowest BCUT2D eigenvalue weighted by atomic mass is 9.94. The van der Waals surface area contributed by atoms with Gasteiger partial charge in [-0.05, 0) is 47.5 Å². The Bertz CT molecular complexity index is 1160. The fourth-order valence-corrected chi connectivity index (χ4v) is 3.97. The number of amides is 1. The van der Waals surface area contributed by atoms with Crippen molar-refractivity contribution in [1.82, 2.24) is 9.47 Å². The molecule has 31 heavy (non-hydrogen) atoms. The van der Waals surface area contributed by atoms with Crippen molar-refractivity contribution in [2.24, 2.45) is 7.05 Å². The number of nitrogens with zero attached hydrogens (tertiary/aromatic N) is 2. The van der Waals surface area contributed by atoms with Crippen molar-refractivity contribution in [3.8, 4) is 0 Å². The van der Waals surface area contributed by atoms with E-state index < -0.39 is 0 Å². The topological polar surface area (TPSA) is 42.3 Å². The standard InChI is InChI=1S/C25H20Cl2N2O2/c1-28-12-6-11-23(28)25(31)29-15-19(13-17-7-2-4-9-21(17)26)24(30)20(16-29)14-18-8-3-5-10-22(18)27/h2-14H,15-16H2,1H3/b19-13+,20-14+. The minimum Gasteiger partial charge on any atom is -0.347 e. The highest BCUT2D eigenvalue weighted by atomic mass is 35.5. The van der Waals surface area contributed by atoms with E-state index in [1.165, 1.54) is 0 Å². The van der Waals surface area contributed by atoms with E-state index >= 15 is 0 Å². The van der Waals surface area contributed by atoms with Gasteiger partial charge >= 0.3 is 0 Å². The van der Waals surface area contributed by atoms with Gasteiger partial charge in [-0.15, -0.1) is 0 Å². The van der Waals surface area contributed by atoms with Crippen molar-refractivity contribution in [3.63, 3.8) is 0 Å². The van der Waals surface area contributed by atoms with E-state index in [1.54, 1.807) is 39.8 Å². The molecule has 1 amide bonds. The minimum absolute atomic E-state index is 0.115. The Hall–Kier alpha value is -3.08. The zero-order valence-corrected chi connectivity index (χ0v) is 18.4. The van der Waals surface area contributed by atoms with E-state index in [-0.39, 0.29) is 24.8 Å². The first-order valence-corrected chi connectivity index (χ1v) is 10.5. The Morgan fingerprint density at radius 3 is 1.81 bits per heavy atom. The number of hydrogen-bond acceptors (Lipinski definition) is 2. The number of carbonyl (C=O) groups is 2. The summed E-state index contributed by atoms with van der Waals surface area (Å²) in [4.78, 5) is 28.2. The van der Waals surface area contributed by atoms with Gasteiger partial charge in [0.25, 0.3) is 5.91 Å². The number of ketones is 1. The van der Waals surface area contributed by atoms with Crippen LogP contribution in [0.15, 0.2) is 78.0 Å². The van der Waals surface area contributed by atoms with E-state index in [1.807, 2.05) is 55.7 Å². The third-order valence-electron chi connectivity index (χ3n) is 5.23. The number of Topliss-reactive ketones (excluding diaryl/α,β-unsaturated/α-hetero) is 1. The van der Waals surface area contributed by atoms with Gasteiger partial charge in [-0.25, -0.2) is 0 Å². The van der Waals surface area contributed by atoms with E-state index in [2.05, 4.69) is 0 Å². The van der Waals surface area contributed by atoms with Gasteiger partial charge in [0.15, 0.2) is 5.78 Å². The highest BCUT2D eigenvalue weighted by Crippen LogP contribution is 2.27. The Morgan fingerprint density at radius 2 is 1.35 bits per heavy atom. The number of halogens is 2. The number of hydrogen-bond donors (Lipinski definition) is 0. The molecule has 1 saturated heterocycles. The maximum Gasteiger partial charge on any atom is 0.271 e. The summed E-state index contributed by atoms with van der Waals surface area (Å²) in [5.74, 6) is -0.258. The summed E-state index contributed by atoms with van der Waals surface area (Å²) in [6.07, 6.45) is 5.34. The number of benzene rings is 2. The molecule has 1 aromatic heterocycles. The predicted octanol–water partition coefficient (Wildman–Crippen LogP) is 5.52. The molecule has 4 rings (SSSR count). The molecule has 0 bridgehead atoms. The predicted molar refractivity (Wildman–Crippen MR) is 125 cm³/mol. The van der Waals surface area contributed by atoms with Crippen LogP contribution in [0.2, 0.25) is 10.0 Å². The molecule has 4 nitrogen and oxygen atoms in total. The summed E-state index contributed by atoms with van der Waals surface area (Å²) in [6, 6.07) is 18.2. The molecule has 6 heteroatoms. The maximum absolute atomic E-state index is 13.3. The van der Waals surface area contributed by atoms with Crippen LogP contribution in [0.3, 0.4) is 0 Å². The summed E-state index contributed by atoms with van der Waals surface area (Å²) in [5.41, 5.74) is 3.03. The van der Waals surface area contributed by atoms with Crippen LogP contribution < -0.4 is 0 Å². The van der Waals surface area contributed by atoms with Crippen LogP contribution in [0.5, 0.6) is 0 Å². The van der Waals surface area contributed by atoms with Gasteiger partial charge in [0.05, 0.1) is 13.1 Å². The molecule has 1 aliphatic heterocycles. The number of piperidine rings is 1. The molecule has 0 unspecified atom stereocenters. The second kappa shape index (κ2) is 8.96. The molecular formula is C25H20Cl2N2O2. The smallest absolute Gasteiger partial charge is 0.271 e. The van der Waals surface area contributed by atoms with Gasteiger partial charge in [-0.2, -0.15) is 0 Å². The molecule has 1 aliphatic rings. The van der Waals surface area contributed by atoms with Crippen LogP contribution in [0.1, 0.15) is 21.6 Å². The van der Waals surface area contributed by atoms with Crippen molar-refractivity contribution in [2.45, 2.75) is 0 Å². The van der Waals surface area contributed by atoms with E-state index in [0.717, 1.165) is 11.1 Å². The highest BCUT2D eigenvalue weighted by Gasteiger charge is 2.30. The molecule has 0 N–H and O–H groups in total. The van der Waals surface area contributed by atoms with Gasteiger partial charge < -0.3 is 9.47 Å². The molecule has 0 atom stereocenters. The van der Waals surface area contributed by atoms with Crippen LogP contribution in [-0.2, 0) is 11.8 Å². The average Bonchev–Trinajstić information content (AvgIpc) is 3.19. The third-order valence-corrected chi connectivity index (χ3v) is 5.91. The largest absolute Gasteiger partial charge is 0.347 e. The molecule has 2 heterocycles. The van der Waals surface area contributed by atoms with Crippen molar-refractivity contribution in [1.29, 1.82) is 0 Å². The molecule has 0 radical (unpaired) electrons. The van der Waals surface area contributed by atoms with Gasteiger partial charge in [0.2, 0.25) is 0 Å². The fraction of sp³-hybridized carbons (Fsp3) is 0.120. The first-order valence-electron chi connectivity index (χ1n) is 9.79. The first kappa shape index (κ1) is 21.2. The summed E-state index contributed by atoms with van der Waals surface area (Å²) in [6.45, 7) is 0.405. The zero-order chi connectivity index (χ0) is 22.0. The Morgan fingerprint density at radius 1 is 0.839 bits per heavy atom. The zero-order valence-electron chi connectivity index (χ0n) is 16.9. The lowest BCUT2D eigenvalue weighted by Gasteiger charge is -2.30. The summed E-state index contributed by atoms with van der Waals surface area (Å²) in [5, 5.41) is 1.09. The lowest BCUT2D eigenvalue weighted by Crippen LogP contribution is -2.42. The Kier molecular flexibility index (Phi) is 6.12. The molecular weight excluding hydrogens is 431 g/mol. The maximum atomic E-state index is 13.3. The number of carbonyl (C=O) groups excluding carboxylic acids is 2. The summed E-state index contributed by atoms with van der Waals surface area (Å²) < 4.78 is 1.77. The minimum atomic E-state index is -0.143. The number of aryl methyl sites for hydroxylation is 1. The monoisotopic (exact) mass is 450 g/mol. The molecule has 3 aromatic rings. The number of rotatable bonds is 3. The molecule has 156 valence electrons. The van der Waals surface area contributed by atoms with Crippen molar-refractivity contribution < 1.29 is 9.59 Å². The highest BCUT2D eigenvalue weighted by molar-refractivity contribution is 6.33. The van der Waals surface area contributed by atoms with Gasteiger partial charge in [0.1, 0.15) is 5.69 Å².